The number of nitrogens with one attached hydrogen (secondary N) is 2. The molecule has 44 heavy (non-hydrogen) atoms. The Kier molecular flexibility index (Phi) is 10.8. The smallest absolute Gasteiger partial charge is 0.245 e. The first kappa shape index (κ1) is 32.3. The summed E-state index contributed by atoms with van der Waals surface area (Å²) in [6, 6.07) is 14.1. The van der Waals surface area contributed by atoms with Crippen LogP contribution in [0.3, 0.4) is 0 Å². The molecule has 3 aliphatic rings. The second-order valence-electron chi connectivity index (χ2n) is 12.9. The molecule has 9 nitrogen and oxygen atoms in total. The van der Waals surface area contributed by atoms with Crippen LogP contribution in [-0.2, 0) is 26.2 Å². The van der Waals surface area contributed by atoms with Crippen molar-refractivity contribution in [1.82, 2.24) is 15.1 Å². The summed E-state index contributed by atoms with van der Waals surface area (Å²) in [5.74, 6) is 2.24. The van der Waals surface area contributed by atoms with Crippen LogP contribution in [0.4, 0.5) is 5.69 Å². The predicted molar refractivity (Wildman–Crippen MR) is 173 cm³/mol. The van der Waals surface area contributed by atoms with E-state index in [-0.39, 0.29) is 29.8 Å². The number of sulfonamides is 1. The largest absolute Gasteiger partial charge is 0.457 e. The predicted octanol–water partition coefficient (Wildman–Crippen LogP) is 5.53. The number of unbranched alkanes of at least 4 members (excludes halogenated alkanes) is 1. The van der Waals surface area contributed by atoms with Crippen molar-refractivity contribution in [3.05, 3.63) is 54.1 Å². The lowest BCUT2D eigenvalue weighted by molar-refractivity contribution is -0.153. The third-order valence-corrected chi connectivity index (χ3v) is 9.96. The maximum atomic E-state index is 13.7. The molecule has 2 aromatic rings. The highest BCUT2D eigenvalue weighted by Crippen LogP contribution is 2.32. The van der Waals surface area contributed by atoms with Crippen molar-refractivity contribution in [2.75, 3.05) is 30.6 Å². The molecule has 2 N–H and O–H groups in total. The van der Waals surface area contributed by atoms with E-state index >= 15 is 0 Å². The summed E-state index contributed by atoms with van der Waals surface area (Å²) in [7, 11) is -3.32. The Morgan fingerprint density at radius 1 is 0.909 bits per heavy atom. The van der Waals surface area contributed by atoms with Gasteiger partial charge in [0.15, 0.2) is 0 Å². The summed E-state index contributed by atoms with van der Waals surface area (Å²) in [6.07, 6.45) is 11.7. The van der Waals surface area contributed by atoms with E-state index in [1.54, 1.807) is 24.3 Å². The first-order valence-corrected chi connectivity index (χ1v) is 18.3. The zero-order valence-corrected chi connectivity index (χ0v) is 27.0. The molecular weight excluding hydrogens is 576 g/mol. The monoisotopic (exact) mass is 624 g/mol. The Morgan fingerprint density at radius 3 is 2.16 bits per heavy atom. The molecule has 0 spiro atoms. The number of hydrogen-bond donors (Lipinski definition) is 2. The van der Waals surface area contributed by atoms with Crippen LogP contribution in [0.15, 0.2) is 48.5 Å². The highest BCUT2D eigenvalue weighted by Gasteiger charge is 2.45. The van der Waals surface area contributed by atoms with Gasteiger partial charge in [-0.2, -0.15) is 0 Å². The number of carbonyl (C=O) groups excluding carboxylic acids is 2. The molecule has 0 aromatic heterocycles. The number of ether oxygens (including phenoxy) is 1. The van der Waals surface area contributed by atoms with Crippen LogP contribution in [0.2, 0.25) is 0 Å². The summed E-state index contributed by atoms with van der Waals surface area (Å²) >= 11 is 0. The maximum absolute atomic E-state index is 13.7. The number of amides is 2. The van der Waals surface area contributed by atoms with E-state index < -0.39 is 10.0 Å². The lowest BCUT2D eigenvalue weighted by Gasteiger charge is -2.45. The minimum absolute atomic E-state index is 0.0526. The summed E-state index contributed by atoms with van der Waals surface area (Å²) in [5.41, 5.74) is 1.67. The third-order valence-electron chi connectivity index (χ3n) is 9.35. The zero-order chi connectivity index (χ0) is 31.1. The average Bonchev–Trinajstić information content (AvgIpc) is 3.00. The number of piperazine rings is 1. The quantitative estimate of drug-likeness (QED) is 0.322. The van der Waals surface area contributed by atoms with E-state index in [0.29, 0.717) is 29.6 Å². The molecule has 2 amide bonds. The van der Waals surface area contributed by atoms with E-state index in [1.807, 2.05) is 17.0 Å². The number of anilines is 1. The van der Waals surface area contributed by atoms with Crippen LogP contribution in [0.1, 0.15) is 76.7 Å². The van der Waals surface area contributed by atoms with Gasteiger partial charge < -0.3 is 15.0 Å². The minimum Gasteiger partial charge on any atom is -0.457 e. The fraction of sp³-hybridized carbons (Fsp3) is 0.588. The maximum Gasteiger partial charge on any atom is 0.245 e. The van der Waals surface area contributed by atoms with Crippen LogP contribution in [0, 0.1) is 11.8 Å². The number of benzene rings is 2. The lowest BCUT2D eigenvalue weighted by Crippen LogP contribution is -2.66. The summed E-state index contributed by atoms with van der Waals surface area (Å²) in [6.45, 7) is 5.41. The molecule has 2 aliphatic heterocycles. The minimum atomic E-state index is -3.32. The molecule has 2 atom stereocenters. The first-order chi connectivity index (χ1) is 21.2. The topological polar surface area (TPSA) is 108 Å². The van der Waals surface area contributed by atoms with E-state index in [2.05, 4.69) is 34.0 Å². The molecule has 2 saturated heterocycles. The van der Waals surface area contributed by atoms with Gasteiger partial charge in [-0.1, -0.05) is 57.6 Å². The first-order valence-electron chi connectivity index (χ1n) is 16.4. The molecule has 1 aliphatic carbocycles. The molecule has 0 bridgehead atoms. The van der Waals surface area contributed by atoms with Crippen LogP contribution in [-0.4, -0.2) is 68.0 Å². The van der Waals surface area contributed by atoms with Crippen LogP contribution in [0.5, 0.6) is 11.5 Å². The summed E-state index contributed by atoms with van der Waals surface area (Å²) in [5, 5.41) is 3.17. The Bertz CT molecular complexity index is 1350. The Morgan fingerprint density at radius 2 is 1.55 bits per heavy atom. The van der Waals surface area contributed by atoms with Crippen molar-refractivity contribution < 1.29 is 22.7 Å². The molecule has 1 saturated carbocycles. The Hall–Kier alpha value is -3.11. The number of piperidine rings is 1. The van der Waals surface area contributed by atoms with Gasteiger partial charge in [0.1, 0.15) is 23.6 Å². The summed E-state index contributed by atoms with van der Waals surface area (Å²) < 4.78 is 31.2. The van der Waals surface area contributed by atoms with Crippen LogP contribution < -0.4 is 14.8 Å². The number of carbonyl (C=O) groups is 2. The molecule has 3 fully saturated rings. The summed E-state index contributed by atoms with van der Waals surface area (Å²) in [4.78, 5) is 31.6. The number of likely N-dealkylation sites (tertiary alicyclic amines) is 1. The molecule has 5 rings (SSSR count). The Labute approximate surface area is 262 Å². The van der Waals surface area contributed by atoms with Crippen LogP contribution in [0.25, 0.3) is 0 Å². The highest BCUT2D eigenvalue weighted by molar-refractivity contribution is 7.92. The van der Waals surface area contributed by atoms with Gasteiger partial charge >= 0.3 is 0 Å². The molecule has 2 heterocycles. The van der Waals surface area contributed by atoms with Gasteiger partial charge in [0.2, 0.25) is 21.8 Å². The average molecular weight is 625 g/mol. The fourth-order valence-electron chi connectivity index (χ4n) is 7.05. The molecule has 240 valence electrons. The number of hydrogen-bond acceptors (Lipinski definition) is 6. The van der Waals surface area contributed by atoms with E-state index in [1.165, 1.54) is 37.7 Å². The van der Waals surface area contributed by atoms with Gasteiger partial charge in [-0.15, -0.1) is 0 Å². The normalized spacial score (nSPS) is 22.5. The lowest BCUT2D eigenvalue weighted by atomic mass is 9.82. The second-order valence-corrected chi connectivity index (χ2v) is 14.6. The van der Waals surface area contributed by atoms with Gasteiger partial charge in [-0.25, -0.2) is 8.42 Å². The van der Waals surface area contributed by atoms with Gasteiger partial charge in [-0.05, 0) is 92.6 Å². The standard InChI is InChI=1S/C34H48N4O5S/c1-3-4-20-38-32(33(39)35-31(34(38)40)23-25-8-6-5-7-9-25)27-18-21-37(22-19-27)24-26-10-14-29(15-11-26)43-30-16-12-28(13-17-30)36-44(2,41)42/h10-17,25,27,31-32,36H,3-9,18-24H2,1-2H3,(H,35,39)/t31-,32?/m0/s1. The van der Waals surface area contributed by atoms with E-state index in [9.17, 15) is 18.0 Å². The van der Waals surface area contributed by atoms with Gasteiger partial charge in [0, 0.05) is 18.8 Å². The molecule has 2 aromatic carbocycles. The third kappa shape index (κ3) is 8.75. The van der Waals surface area contributed by atoms with Gasteiger partial charge in [-0.3, -0.25) is 19.2 Å². The van der Waals surface area contributed by atoms with Gasteiger partial charge in [0.05, 0.1) is 6.26 Å². The van der Waals surface area contributed by atoms with E-state index in [4.69, 9.17) is 4.74 Å². The second kappa shape index (κ2) is 14.8. The SMILES string of the molecule is CCCCN1C(=O)[C@H](CC2CCCCC2)NC(=O)C1C1CCN(Cc2ccc(Oc3ccc(NS(C)(=O)=O)cc3)cc2)CC1. The highest BCUT2D eigenvalue weighted by atomic mass is 32.2. The molecule has 10 heteroatoms. The zero-order valence-electron chi connectivity index (χ0n) is 26.2. The van der Waals surface area contributed by atoms with Crippen molar-refractivity contribution in [3.8, 4) is 11.5 Å². The Balaban J connectivity index is 1.13. The van der Waals surface area contributed by atoms with Crippen molar-refractivity contribution in [1.29, 1.82) is 0 Å². The van der Waals surface area contributed by atoms with Gasteiger partial charge in [0.25, 0.3) is 0 Å². The molecule has 1 unspecified atom stereocenters. The fourth-order valence-corrected chi connectivity index (χ4v) is 7.61. The van der Waals surface area contributed by atoms with Crippen molar-refractivity contribution >= 4 is 27.5 Å². The van der Waals surface area contributed by atoms with Crippen molar-refractivity contribution in [3.63, 3.8) is 0 Å². The number of rotatable bonds is 12. The van der Waals surface area contributed by atoms with Crippen molar-refractivity contribution in [2.45, 2.75) is 89.8 Å². The molecule has 0 radical (unpaired) electrons. The molecular formula is C34H48N4O5S. The van der Waals surface area contributed by atoms with Crippen molar-refractivity contribution in [2.24, 2.45) is 11.8 Å². The number of nitrogens with zero attached hydrogens (tertiary/aromatic N) is 2. The van der Waals surface area contributed by atoms with Crippen LogP contribution >= 0.6 is 0 Å². The van der Waals surface area contributed by atoms with E-state index in [0.717, 1.165) is 58.0 Å².